The van der Waals surface area contributed by atoms with E-state index in [1.165, 1.54) is 0 Å². The lowest BCUT2D eigenvalue weighted by atomic mass is 9.96. The number of fused-ring (bicyclic) bond motifs is 2. The Kier molecular flexibility index (Phi) is 9.86. The number of benzene rings is 1. The van der Waals surface area contributed by atoms with E-state index in [0.29, 0.717) is 18.7 Å². The van der Waals surface area contributed by atoms with Crippen LogP contribution < -0.4 is 26.0 Å². The van der Waals surface area contributed by atoms with Crippen LogP contribution in [0.25, 0.3) is 11.0 Å². The van der Waals surface area contributed by atoms with Crippen LogP contribution in [0, 0.1) is 5.92 Å². The average molecular weight is 746 g/mol. The molecule has 5 amide bonds. The molecule has 4 aliphatic heterocycles. The first kappa shape index (κ1) is 36.0. The topological polar surface area (TPSA) is 181 Å². The van der Waals surface area contributed by atoms with Crippen LogP contribution in [-0.2, 0) is 22.6 Å². The average Bonchev–Trinajstić information content (AvgIpc) is 3.45. The van der Waals surface area contributed by atoms with Gasteiger partial charge in [-0.2, -0.15) is 0 Å². The van der Waals surface area contributed by atoms with Crippen LogP contribution in [-0.4, -0.2) is 106 Å². The number of imide groups is 2. The molecule has 3 saturated heterocycles. The zero-order valence-electron chi connectivity index (χ0n) is 30.7. The second-order valence-electron chi connectivity index (χ2n) is 14.7. The highest BCUT2D eigenvalue weighted by Gasteiger charge is 2.44. The molecule has 0 saturated carbocycles. The van der Waals surface area contributed by atoms with Gasteiger partial charge in [0, 0.05) is 76.2 Å². The molecule has 284 valence electrons. The number of aryl methyl sites for hydroxylation is 1. The molecule has 1 aromatic carbocycles. The van der Waals surface area contributed by atoms with Gasteiger partial charge < -0.3 is 20.1 Å². The van der Waals surface area contributed by atoms with Crippen molar-refractivity contribution >= 4 is 51.9 Å². The number of hydrogen-bond donors (Lipinski definition) is 3. The number of rotatable bonds is 9. The molecule has 0 bridgehead atoms. The minimum Gasteiger partial charge on any atom is -0.371 e. The predicted octanol–water partition coefficient (Wildman–Crippen LogP) is 2.25. The molecule has 15 nitrogen and oxygen atoms in total. The molecule has 15 heteroatoms. The van der Waals surface area contributed by atoms with Gasteiger partial charge >= 0.3 is 0 Å². The number of pyridine rings is 3. The van der Waals surface area contributed by atoms with Crippen molar-refractivity contribution in [3.63, 3.8) is 0 Å². The van der Waals surface area contributed by atoms with Crippen LogP contribution in [0.2, 0.25) is 0 Å². The summed E-state index contributed by atoms with van der Waals surface area (Å²) in [6.45, 7) is 8.04. The Morgan fingerprint density at radius 2 is 1.56 bits per heavy atom. The third-order valence-corrected chi connectivity index (χ3v) is 11.3. The molecule has 4 aliphatic rings. The lowest BCUT2D eigenvalue weighted by molar-refractivity contribution is -0.136. The minimum absolute atomic E-state index is 0.0595. The number of hydrogen-bond acceptors (Lipinski definition) is 11. The smallest absolute Gasteiger partial charge is 0.269 e. The summed E-state index contributed by atoms with van der Waals surface area (Å²) in [5, 5.41) is 5.27. The number of piperazine rings is 1. The monoisotopic (exact) mass is 745 g/mol. The van der Waals surface area contributed by atoms with E-state index in [9.17, 15) is 28.8 Å². The summed E-state index contributed by atoms with van der Waals surface area (Å²) < 4.78 is 0. The van der Waals surface area contributed by atoms with Crippen molar-refractivity contribution < 1.29 is 24.0 Å². The van der Waals surface area contributed by atoms with E-state index in [1.54, 1.807) is 24.4 Å². The molecule has 3 aromatic heterocycles. The lowest BCUT2D eigenvalue weighted by Gasteiger charge is -2.36. The molecular weight excluding hydrogens is 702 g/mol. The predicted molar refractivity (Wildman–Crippen MR) is 204 cm³/mol. The fraction of sp³-hybridized carbons (Fsp3) is 0.400. The van der Waals surface area contributed by atoms with Crippen LogP contribution in [0.1, 0.15) is 74.9 Å². The molecule has 3 fully saturated rings. The van der Waals surface area contributed by atoms with Crippen LogP contribution in [0.4, 0.5) is 11.4 Å². The van der Waals surface area contributed by atoms with Gasteiger partial charge in [0.05, 0.1) is 34.0 Å². The normalized spacial score (nSPS) is 19.6. The molecule has 1 unspecified atom stereocenters. The van der Waals surface area contributed by atoms with Crippen molar-refractivity contribution in [2.45, 2.75) is 51.6 Å². The number of H-pyrrole nitrogens is 1. The summed E-state index contributed by atoms with van der Waals surface area (Å²) in [6.07, 6.45) is 6.18. The number of nitrogens with one attached hydrogen (secondary N) is 3. The Hall–Kier alpha value is -5.96. The molecule has 0 spiro atoms. The summed E-state index contributed by atoms with van der Waals surface area (Å²) in [7, 11) is 0. The van der Waals surface area contributed by atoms with E-state index in [2.05, 4.69) is 40.3 Å². The number of amides is 5. The molecule has 3 N–H and O–H groups in total. The van der Waals surface area contributed by atoms with E-state index < -0.39 is 29.7 Å². The van der Waals surface area contributed by atoms with Crippen molar-refractivity contribution in [3.8, 4) is 0 Å². The van der Waals surface area contributed by atoms with Crippen LogP contribution in [0.15, 0.2) is 59.7 Å². The van der Waals surface area contributed by atoms with Gasteiger partial charge in [-0.05, 0) is 79.6 Å². The first-order valence-corrected chi connectivity index (χ1v) is 19.0. The first-order valence-electron chi connectivity index (χ1n) is 19.0. The molecule has 1 atom stereocenters. The molecule has 4 aromatic rings. The Bertz CT molecular complexity index is 2240. The quantitative estimate of drug-likeness (QED) is 0.214. The number of carbonyl (C=O) groups excluding carboxylic acids is 5. The highest BCUT2D eigenvalue weighted by atomic mass is 16.2. The number of aromatic nitrogens is 3. The van der Waals surface area contributed by atoms with Crippen LogP contribution in [0.3, 0.4) is 0 Å². The van der Waals surface area contributed by atoms with E-state index in [4.69, 9.17) is 0 Å². The van der Waals surface area contributed by atoms with E-state index in [-0.39, 0.29) is 41.4 Å². The Balaban J connectivity index is 0.786. The van der Waals surface area contributed by atoms with Crippen molar-refractivity contribution in [1.29, 1.82) is 0 Å². The van der Waals surface area contributed by atoms with Gasteiger partial charge in [-0.1, -0.05) is 6.92 Å². The molecule has 0 aliphatic carbocycles. The fourth-order valence-corrected chi connectivity index (χ4v) is 8.02. The second-order valence-corrected chi connectivity index (χ2v) is 14.7. The third kappa shape index (κ3) is 7.31. The maximum absolute atomic E-state index is 13.3. The number of carbonyl (C=O) groups is 5. The van der Waals surface area contributed by atoms with Gasteiger partial charge in [-0.15, -0.1) is 0 Å². The molecule has 8 rings (SSSR count). The largest absolute Gasteiger partial charge is 0.371 e. The summed E-state index contributed by atoms with van der Waals surface area (Å²) in [6, 6.07) is 11.8. The summed E-state index contributed by atoms with van der Waals surface area (Å²) in [5.74, 6) is -2.00. The molecule has 0 radical (unpaired) electrons. The zero-order chi connectivity index (χ0) is 38.2. The van der Waals surface area contributed by atoms with Gasteiger partial charge in [0.15, 0.2) is 0 Å². The highest BCUT2D eigenvalue weighted by molar-refractivity contribution is 6.23. The standard InChI is InChI=1S/C40H43N9O6/c1-2-26-18-32-33(44-36(26)51)17-25(21-41-32)23-46-13-15-48(16-14-46)28-4-6-31(42-22-28)37(52)43-20-24-9-11-47(12-10-24)27-3-5-29-30(19-27)40(55)49(39(29)54)34-7-8-35(50)45-38(34)53/h3-6,17-19,21-22,24,34H,2,7-16,20,23H2,1H3,(H,43,52)(H,44,51)(H,45,50,53). The van der Waals surface area contributed by atoms with E-state index >= 15 is 0 Å². The Labute approximate surface area is 317 Å². The summed E-state index contributed by atoms with van der Waals surface area (Å²) >= 11 is 0. The van der Waals surface area contributed by atoms with Gasteiger partial charge in [0.25, 0.3) is 23.3 Å². The van der Waals surface area contributed by atoms with Crippen LogP contribution >= 0.6 is 0 Å². The van der Waals surface area contributed by atoms with Gasteiger partial charge in [0.1, 0.15) is 11.7 Å². The third-order valence-electron chi connectivity index (χ3n) is 11.3. The Morgan fingerprint density at radius 3 is 2.29 bits per heavy atom. The number of aromatic amines is 1. The van der Waals surface area contributed by atoms with Crippen molar-refractivity contribution in [2.75, 3.05) is 55.6 Å². The van der Waals surface area contributed by atoms with E-state index in [0.717, 1.165) is 97.1 Å². The maximum atomic E-state index is 13.3. The number of piperidine rings is 2. The van der Waals surface area contributed by atoms with E-state index in [1.807, 2.05) is 37.4 Å². The molecule has 7 heterocycles. The zero-order valence-corrected chi connectivity index (χ0v) is 30.7. The second kappa shape index (κ2) is 15.1. The number of nitrogens with zero attached hydrogens (tertiary/aromatic N) is 6. The van der Waals surface area contributed by atoms with Crippen molar-refractivity contribution in [3.05, 3.63) is 93.2 Å². The highest BCUT2D eigenvalue weighted by Crippen LogP contribution is 2.32. The van der Waals surface area contributed by atoms with Crippen molar-refractivity contribution in [1.82, 2.24) is 35.4 Å². The molecular formula is C40H43N9O6. The molecule has 55 heavy (non-hydrogen) atoms. The van der Waals surface area contributed by atoms with Crippen molar-refractivity contribution in [2.24, 2.45) is 5.92 Å². The maximum Gasteiger partial charge on any atom is 0.269 e. The van der Waals surface area contributed by atoms with Gasteiger partial charge in [-0.3, -0.25) is 48.9 Å². The Morgan fingerprint density at radius 1 is 0.818 bits per heavy atom. The van der Waals surface area contributed by atoms with Gasteiger partial charge in [0.2, 0.25) is 11.8 Å². The fourth-order valence-electron chi connectivity index (χ4n) is 8.02. The summed E-state index contributed by atoms with van der Waals surface area (Å²) in [5.41, 5.74) is 5.99. The minimum atomic E-state index is -0.995. The lowest BCUT2D eigenvalue weighted by Crippen LogP contribution is -2.54. The first-order chi connectivity index (χ1) is 26.6. The van der Waals surface area contributed by atoms with Crippen LogP contribution in [0.5, 0.6) is 0 Å². The SMILES string of the molecule is CCc1cc2ncc(CN3CCN(c4ccc(C(=O)NCC5CCN(c6ccc7c(c6)C(=O)N(C6CCC(=O)NC6=O)C7=O)CC5)nc4)CC3)cc2[nH]c1=O. The summed E-state index contributed by atoms with van der Waals surface area (Å²) in [4.78, 5) is 95.4. The van der Waals surface area contributed by atoms with Gasteiger partial charge in [-0.25, -0.2) is 4.98 Å². The number of anilines is 2.